The van der Waals surface area contributed by atoms with Crippen LogP contribution in [-0.2, 0) is 10.0 Å². The third-order valence-corrected chi connectivity index (χ3v) is 7.02. The second-order valence-electron chi connectivity index (χ2n) is 6.72. The molecule has 0 amide bonds. The van der Waals surface area contributed by atoms with Gasteiger partial charge in [-0.25, -0.2) is 12.4 Å². The fraction of sp³-hybridized carbons (Fsp3) is 0.263. The summed E-state index contributed by atoms with van der Waals surface area (Å²) < 4.78 is 27.6. The number of rotatable bonds is 3. The van der Waals surface area contributed by atoms with Crippen LogP contribution in [0.3, 0.4) is 0 Å². The molecule has 1 aliphatic heterocycles. The molecule has 0 radical (unpaired) electrons. The molecule has 2 aromatic carbocycles. The minimum absolute atomic E-state index is 0.0718. The van der Waals surface area contributed by atoms with Crippen molar-refractivity contribution in [2.45, 2.75) is 4.90 Å². The number of piperazine rings is 1. The second-order valence-corrected chi connectivity index (χ2v) is 9.41. The van der Waals surface area contributed by atoms with Crippen molar-refractivity contribution in [1.29, 1.82) is 0 Å². The summed E-state index contributed by atoms with van der Waals surface area (Å²) in [6.07, 6.45) is 1.59. The van der Waals surface area contributed by atoms with Gasteiger partial charge in [0.05, 0.1) is 10.4 Å². The van der Waals surface area contributed by atoms with Crippen LogP contribution in [0.2, 0.25) is 10.0 Å². The summed E-state index contributed by atoms with van der Waals surface area (Å²) in [4.78, 5) is 4.66. The Balaban J connectivity index is 1.81. The molecule has 8 heteroatoms. The number of fused-ring (bicyclic) bond motifs is 1. The second kappa shape index (κ2) is 7.02. The molecular weight excluding hydrogens is 405 g/mol. The van der Waals surface area contributed by atoms with Crippen molar-refractivity contribution in [3.63, 3.8) is 0 Å². The first-order valence-electron chi connectivity index (χ1n) is 8.61. The van der Waals surface area contributed by atoms with Gasteiger partial charge >= 0.3 is 0 Å². The topological polar surface area (TPSA) is 45.5 Å². The minimum Gasteiger partial charge on any atom is -0.368 e. The highest BCUT2D eigenvalue weighted by Crippen LogP contribution is 2.32. The molecule has 0 atom stereocenters. The molecule has 3 aromatic rings. The van der Waals surface area contributed by atoms with Crippen LogP contribution in [0.15, 0.2) is 53.6 Å². The molecule has 0 saturated carbocycles. The van der Waals surface area contributed by atoms with Crippen molar-refractivity contribution in [3.8, 4) is 0 Å². The minimum atomic E-state index is -3.80. The number of halogens is 2. The van der Waals surface area contributed by atoms with Crippen molar-refractivity contribution in [3.05, 3.63) is 58.7 Å². The fourth-order valence-electron chi connectivity index (χ4n) is 3.45. The van der Waals surface area contributed by atoms with Gasteiger partial charge in [0, 0.05) is 53.5 Å². The van der Waals surface area contributed by atoms with Crippen molar-refractivity contribution in [2.24, 2.45) is 0 Å². The summed E-state index contributed by atoms with van der Waals surface area (Å²) in [6.45, 7) is 3.79. The Bertz CT molecular complexity index is 1080. The molecule has 142 valence electrons. The Morgan fingerprint density at radius 1 is 0.926 bits per heavy atom. The molecule has 0 unspecified atom stereocenters. The van der Waals surface area contributed by atoms with Crippen molar-refractivity contribution in [2.75, 3.05) is 38.1 Å². The first-order chi connectivity index (χ1) is 12.9. The number of hydrogen-bond acceptors (Lipinski definition) is 4. The van der Waals surface area contributed by atoms with Crippen LogP contribution in [0.25, 0.3) is 10.9 Å². The van der Waals surface area contributed by atoms with E-state index in [4.69, 9.17) is 23.2 Å². The Kier molecular flexibility index (Phi) is 4.84. The predicted molar refractivity (Wildman–Crippen MR) is 111 cm³/mol. The van der Waals surface area contributed by atoms with Gasteiger partial charge in [0.1, 0.15) is 0 Å². The first kappa shape index (κ1) is 18.6. The smallest absolute Gasteiger partial charge is 0.268 e. The van der Waals surface area contributed by atoms with Crippen LogP contribution < -0.4 is 4.90 Å². The molecule has 1 fully saturated rings. The zero-order chi connectivity index (χ0) is 19.2. The quantitative estimate of drug-likeness (QED) is 0.639. The lowest BCUT2D eigenvalue weighted by Crippen LogP contribution is -2.44. The molecule has 27 heavy (non-hydrogen) atoms. The molecule has 4 rings (SSSR count). The molecule has 2 heterocycles. The maximum Gasteiger partial charge on any atom is 0.268 e. The van der Waals surface area contributed by atoms with Gasteiger partial charge in [0.15, 0.2) is 0 Å². The van der Waals surface area contributed by atoms with Gasteiger partial charge in [0.2, 0.25) is 0 Å². The van der Waals surface area contributed by atoms with Crippen molar-refractivity contribution in [1.82, 2.24) is 8.87 Å². The zero-order valence-corrected chi connectivity index (χ0v) is 17.1. The van der Waals surface area contributed by atoms with Crippen LogP contribution in [0.1, 0.15) is 0 Å². The fourth-order valence-corrected chi connectivity index (χ4v) is 5.52. The molecule has 1 saturated heterocycles. The predicted octanol–water partition coefficient (Wildman–Crippen LogP) is 3.94. The van der Waals surface area contributed by atoms with Gasteiger partial charge < -0.3 is 9.80 Å². The lowest BCUT2D eigenvalue weighted by atomic mass is 10.2. The van der Waals surface area contributed by atoms with E-state index in [2.05, 4.69) is 16.8 Å². The highest BCUT2D eigenvalue weighted by Gasteiger charge is 2.22. The number of nitrogens with zero attached hydrogens (tertiary/aromatic N) is 3. The van der Waals surface area contributed by atoms with E-state index in [9.17, 15) is 8.42 Å². The third-order valence-electron chi connectivity index (χ3n) is 4.91. The summed E-state index contributed by atoms with van der Waals surface area (Å²) in [5, 5.41) is 1.49. The molecule has 1 aliphatic rings. The summed E-state index contributed by atoms with van der Waals surface area (Å²) in [6, 6.07) is 12.0. The number of anilines is 1. The Morgan fingerprint density at radius 3 is 2.26 bits per heavy atom. The van der Waals surface area contributed by atoms with E-state index in [1.54, 1.807) is 6.20 Å². The first-order valence-corrected chi connectivity index (χ1v) is 10.8. The van der Waals surface area contributed by atoms with Gasteiger partial charge in [-0.3, -0.25) is 0 Å². The van der Waals surface area contributed by atoms with Crippen LogP contribution in [-0.4, -0.2) is 50.5 Å². The molecule has 0 N–H and O–H groups in total. The van der Waals surface area contributed by atoms with E-state index >= 15 is 0 Å². The number of aromatic nitrogens is 1. The molecule has 0 aliphatic carbocycles. The molecular formula is C19H19Cl2N3O2S. The maximum absolute atomic E-state index is 13.2. The van der Waals surface area contributed by atoms with E-state index in [1.165, 1.54) is 22.2 Å². The van der Waals surface area contributed by atoms with Crippen LogP contribution >= 0.6 is 23.2 Å². The average Bonchev–Trinajstić information content (AvgIpc) is 3.06. The SMILES string of the molecule is CN1CCN(c2cccc3c2ccn3S(=O)(=O)c2cc(Cl)cc(Cl)c2)CC1. The van der Waals surface area contributed by atoms with E-state index in [1.807, 2.05) is 24.3 Å². The third kappa shape index (κ3) is 3.43. The van der Waals surface area contributed by atoms with E-state index in [0.29, 0.717) is 5.52 Å². The summed E-state index contributed by atoms with van der Waals surface area (Å²) >= 11 is 12.0. The van der Waals surface area contributed by atoms with Gasteiger partial charge in [-0.15, -0.1) is 0 Å². The normalized spacial score (nSPS) is 16.2. The monoisotopic (exact) mass is 423 g/mol. The Labute approximate surface area is 168 Å². The number of hydrogen-bond donors (Lipinski definition) is 0. The van der Waals surface area contributed by atoms with Crippen molar-refractivity contribution >= 4 is 49.8 Å². The highest BCUT2D eigenvalue weighted by atomic mass is 35.5. The van der Waals surface area contributed by atoms with E-state index in [-0.39, 0.29) is 14.9 Å². The van der Waals surface area contributed by atoms with E-state index in [0.717, 1.165) is 37.3 Å². The highest BCUT2D eigenvalue weighted by molar-refractivity contribution is 7.90. The van der Waals surface area contributed by atoms with Crippen LogP contribution in [0, 0.1) is 0 Å². The van der Waals surface area contributed by atoms with E-state index < -0.39 is 10.0 Å². The van der Waals surface area contributed by atoms with Gasteiger partial charge in [-0.2, -0.15) is 0 Å². The van der Waals surface area contributed by atoms with Gasteiger partial charge in [0.25, 0.3) is 10.0 Å². The lowest BCUT2D eigenvalue weighted by Gasteiger charge is -2.34. The maximum atomic E-state index is 13.2. The summed E-state index contributed by atoms with van der Waals surface area (Å²) in [5.41, 5.74) is 1.70. The Hall–Kier alpha value is -1.73. The van der Waals surface area contributed by atoms with Gasteiger partial charge in [-0.05, 0) is 43.4 Å². The largest absolute Gasteiger partial charge is 0.368 e. The zero-order valence-electron chi connectivity index (χ0n) is 14.8. The van der Waals surface area contributed by atoms with Gasteiger partial charge in [-0.1, -0.05) is 29.3 Å². The molecule has 1 aromatic heterocycles. The van der Waals surface area contributed by atoms with Crippen LogP contribution in [0.4, 0.5) is 5.69 Å². The molecule has 5 nitrogen and oxygen atoms in total. The van der Waals surface area contributed by atoms with Crippen molar-refractivity contribution < 1.29 is 8.42 Å². The number of benzene rings is 2. The average molecular weight is 424 g/mol. The lowest BCUT2D eigenvalue weighted by molar-refractivity contribution is 0.313. The molecule has 0 spiro atoms. The summed E-state index contributed by atoms with van der Waals surface area (Å²) in [7, 11) is -1.69. The Morgan fingerprint density at radius 2 is 1.59 bits per heavy atom. The van der Waals surface area contributed by atoms with Crippen LogP contribution in [0.5, 0.6) is 0 Å². The summed E-state index contributed by atoms with van der Waals surface area (Å²) in [5.74, 6) is 0. The molecule has 0 bridgehead atoms. The number of likely N-dealkylation sites (N-methyl/N-ethyl adjacent to an activating group) is 1. The standard InChI is InChI=1S/C19H19Cl2N3O2S/c1-22-7-9-23(10-8-22)18-3-2-4-19-17(18)5-6-24(19)27(25,26)16-12-14(20)11-15(21)13-16/h2-6,11-13H,7-10H2,1H3.